The zero-order valence-electron chi connectivity index (χ0n) is 12.5. The van der Waals surface area contributed by atoms with Crippen molar-refractivity contribution < 1.29 is 4.92 Å². The van der Waals surface area contributed by atoms with Crippen LogP contribution in [0.2, 0.25) is 0 Å². The number of nitrogens with zero attached hydrogens (tertiary/aromatic N) is 4. The van der Waals surface area contributed by atoms with E-state index in [1.165, 1.54) is 0 Å². The topological polar surface area (TPSA) is 85.9 Å². The highest BCUT2D eigenvalue weighted by molar-refractivity contribution is 7.09. The lowest BCUT2D eigenvalue weighted by molar-refractivity contribution is -0.384. The lowest BCUT2D eigenvalue weighted by Gasteiger charge is -2.14. The molecule has 0 aliphatic carbocycles. The normalized spacial score (nSPS) is 12.6. The summed E-state index contributed by atoms with van der Waals surface area (Å²) in [7, 11) is 0. The Morgan fingerprint density at radius 3 is 2.71 bits per heavy atom. The lowest BCUT2D eigenvalue weighted by Crippen LogP contribution is -2.15. The number of nitro groups is 1. The van der Waals surface area contributed by atoms with Crippen LogP contribution < -0.4 is 5.32 Å². The number of thiazole rings is 1. The van der Waals surface area contributed by atoms with Gasteiger partial charge in [-0.3, -0.25) is 10.1 Å². The van der Waals surface area contributed by atoms with Crippen molar-refractivity contribution >= 4 is 22.8 Å². The van der Waals surface area contributed by atoms with Crippen molar-refractivity contribution in [2.24, 2.45) is 0 Å². The minimum Gasteiger partial charge on any atom is -0.364 e. The Bertz CT molecular complexity index is 621. The summed E-state index contributed by atoms with van der Waals surface area (Å²) in [6, 6.07) is 0.0510. The SMILES string of the molecule is Cc1nn(C(C)C)c(NCC(C)c2nccs2)c1[N+](=O)[O-]. The number of aromatic nitrogens is 3. The van der Waals surface area contributed by atoms with Crippen LogP contribution in [0, 0.1) is 17.0 Å². The Kier molecular flexibility index (Phi) is 4.56. The fourth-order valence-corrected chi connectivity index (χ4v) is 2.81. The van der Waals surface area contributed by atoms with E-state index >= 15 is 0 Å². The first-order valence-electron chi connectivity index (χ1n) is 6.78. The fourth-order valence-electron chi connectivity index (χ4n) is 2.11. The molecule has 1 N–H and O–H groups in total. The van der Waals surface area contributed by atoms with Gasteiger partial charge in [0.2, 0.25) is 5.82 Å². The van der Waals surface area contributed by atoms with E-state index in [0.29, 0.717) is 18.1 Å². The Morgan fingerprint density at radius 2 is 2.19 bits per heavy atom. The molecule has 0 saturated heterocycles. The molecule has 7 nitrogen and oxygen atoms in total. The van der Waals surface area contributed by atoms with Crippen LogP contribution in [0.3, 0.4) is 0 Å². The molecule has 0 spiro atoms. The van der Waals surface area contributed by atoms with Crippen molar-refractivity contribution in [3.63, 3.8) is 0 Å². The van der Waals surface area contributed by atoms with Gasteiger partial charge in [-0.2, -0.15) is 5.10 Å². The molecule has 1 atom stereocenters. The molecule has 114 valence electrons. The molecule has 1 unspecified atom stereocenters. The minimum atomic E-state index is -0.377. The van der Waals surface area contributed by atoms with Gasteiger partial charge in [-0.25, -0.2) is 9.67 Å². The molecule has 0 amide bonds. The van der Waals surface area contributed by atoms with Gasteiger partial charge < -0.3 is 5.32 Å². The van der Waals surface area contributed by atoms with Crippen LogP contribution in [-0.2, 0) is 0 Å². The fraction of sp³-hybridized carbons (Fsp3) is 0.538. The molecule has 0 saturated carbocycles. The highest BCUT2D eigenvalue weighted by Crippen LogP contribution is 2.31. The number of rotatable bonds is 6. The lowest BCUT2D eigenvalue weighted by atomic mass is 10.2. The molecular weight excluding hydrogens is 290 g/mol. The molecule has 0 bridgehead atoms. The highest BCUT2D eigenvalue weighted by Gasteiger charge is 2.26. The third-order valence-electron chi connectivity index (χ3n) is 3.17. The van der Waals surface area contributed by atoms with E-state index in [2.05, 4.69) is 15.4 Å². The molecule has 2 rings (SSSR count). The predicted molar refractivity (Wildman–Crippen MR) is 83.0 cm³/mol. The van der Waals surface area contributed by atoms with Crippen molar-refractivity contribution in [2.45, 2.75) is 39.7 Å². The van der Waals surface area contributed by atoms with Gasteiger partial charge in [-0.1, -0.05) is 6.92 Å². The Morgan fingerprint density at radius 1 is 1.48 bits per heavy atom. The summed E-state index contributed by atoms with van der Waals surface area (Å²) in [5.74, 6) is 0.649. The number of hydrogen-bond donors (Lipinski definition) is 1. The Balaban J connectivity index is 2.24. The van der Waals surface area contributed by atoms with E-state index < -0.39 is 0 Å². The summed E-state index contributed by atoms with van der Waals surface area (Å²) in [6.07, 6.45) is 1.77. The zero-order valence-corrected chi connectivity index (χ0v) is 13.3. The largest absolute Gasteiger partial charge is 0.364 e. The predicted octanol–water partition coefficient (Wildman–Crippen LogP) is 3.35. The van der Waals surface area contributed by atoms with Crippen molar-refractivity contribution in [3.05, 3.63) is 32.4 Å². The van der Waals surface area contributed by atoms with Crippen LogP contribution >= 0.6 is 11.3 Å². The van der Waals surface area contributed by atoms with Gasteiger partial charge in [-0.05, 0) is 20.8 Å². The summed E-state index contributed by atoms with van der Waals surface area (Å²) in [4.78, 5) is 15.1. The van der Waals surface area contributed by atoms with Crippen molar-refractivity contribution in [3.8, 4) is 0 Å². The van der Waals surface area contributed by atoms with Gasteiger partial charge in [0.1, 0.15) is 5.69 Å². The van der Waals surface area contributed by atoms with Gasteiger partial charge in [-0.15, -0.1) is 11.3 Å². The second-order valence-electron chi connectivity index (χ2n) is 5.23. The first-order chi connectivity index (χ1) is 9.91. The molecule has 0 aliphatic rings. The van der Waals surface area contributed by atoms with Gasteiger partial charge in [0.25, 0.3) is 0 Å². The van der Waals surface area contributed by atoms with Gasteiger partial charge in [0, 0.05) is 30.1 Å². The summed E-state index contributed by atoms with van der Waals surface area (Å²) in [5.41, 5.74) is 0.480. The minimum absolute atomic E-state index is 0.0510. The summed E-state index contributed by atoms with van der Waals surface area (Å²) < 4.78 is 1.67. The molecule has 0 radical (unpaired) electrons. The molecule has 0 fully saturated rings. The Hall–Kier alpha value is -1.96. The maximum atomic E-state index is 11.3. The first kappa shape index (κ1) is 15.4. The Labute approximate surface area is 127 Å². The summed E-state index contributed by atoms with van der Waals surface area (Å²) in [5, 5.41) is 21.6. The monoisotopic (exact) mass is 309 g/mol. The number of anilines is 1. The van der Waals surface area contributed by atoms with Crippen LogP contribution in [0.25, 0.3) is 0 Å². The molecule has 0 aromatic carbocycles. The van der Waals surface area contributed by atoms with Gasteiger partial charge in [0.15, 0.2) is 0 Å². The van der Waals surface area contributed by atoms with Crippen molar-refractivity contribution in [1.82, 2.24) is 14.8 Å². The maximum absolute atomic E-state index is 11.3. The zero-order chi connectivity index (χ0) is 15.6. The summed E-state index contributed by atoms with van der Waals surface area (Å²) >= 11 is 1.58. The van der Waals surface area contributed by atoms with Crippen LogP contribution in [0.15, 0.2) is 11.6 Å². The third kappa shape index (κ3) is 3.21. The van der Waals surface area contributed by atoms with Crippen LogP contribution in [0.4, 0.5) is 11.5 Å². The smallest absolute Gasteiger partial charge is 0.333 e. The molecular formula is C13H19N5O2S. The second-order valence-corrected chi connectivity index (χ2v) is 6.16. The molecule has 2 aromatic heterocycles. The van der Waals surface area contributed by atoms with Gasteiger partial charge in [0.05, 0.1) is 9.93 Å². The van der Waals surface area contributed by atoms with Crippen LogP contribution in [0.5, 0.6) is 0 Å². The highest BCUT2D eigenvalue weighted by atomic mass is 32.1. The van der Waals surface area contributed by atoms with E-state index in [-0.39, 0.29) is 22.6 Å². The quantitative estimate of drug-likeness (QED) is 0.653. The first-order valence-corrected chi connectivity index (χ1v) is 7.66. The average Bonchev–Trinajstić information content (AvgIpc) is 3.02. The van der Waals surface area contributed by atoms with Crippen molar-refractivity contribution in [1.29, 1.82) is 0 Å². The maximum Gasteiger partial charge on any atom is 0.333 e. The number of hydrogen-bond acceptors (Lipinski definition) is 6. The molecule has 0 aliphatic heterocycles. The molecule has 21 heavy (non-hydrogen) atoms. The van der Waals surface area contributed by atoms with Crippen LogP contribution in [0.1, 0.15) is 43.4 Å². The van der Waals surface area contributed by atoms with Gasteiger partial charge >= 0.3 is 5.69 Å². The molecule has 2 aromatic rings. The summed E-state index contributed by atoms with van der Waals surface area (Å²) in [6.45, 7) is 8.18. The van der Waals surface area contributed by atoms with Crippen molar-refractivity contribution in [2.75, 3.05) is 11.9 Å². The third-order valence-corrected chi connectivity index (χ3v) is 4.18. The van der Waals surface area contributed by atoms with E-state index in [0.717, 1.165) is 5.01 Å². The average molecular weight is 309 g/mol. The van der Waals surface area contributed by atoms with E-state index in [9.17, 15) is 10.1 Å². The molecule has 8 heteroatoms. The number of aryl methyl sites for hydroxylation is 1. The number of nitrogens with one attached hydrogen (secondary N) is 1. The second kappa shape index (κ2) is 6.21. The van der Waals surface area contributed by atoms with Crippen LogP contribution in [-0.4, -0.2) is 26.2 Å². The van der Waals surface area contributed by atoms with E-state index in [1.54, 1.807) is 29.1 Å². The molecule has 2 heterocycles. The standard InChI is InChI=1S/C13H19N5O2S/c1-8(2)17-12(11(18(19)20)10(4)16-17)15-7-9(3)13-14-5-6-21-13/h5-6,8-9,15H,7H2,1-4H3. The van der Waals surface area contributed by atoms with E-state index in [1.807, 2.05) is 26.2 Å². The van der Waals surface area contributed by atoms with E-state index in [4.69, 9.17) is 0 Å².